The molecule has 106 valence electrons. The number of hydrogen-bond donors (Lipinski definition) is 1. The second kappa shape index (κ2) is 5.50. The van der Waals surface area contributed by atoms with Gasteiger partial charge in [0.1, 0.15) is 0 Å². The van der Waals surface area contributed by atoms with E-state index in [-0.39, 0.29) is 5.54 Å². The van der Waals surface area contributed by atoms with Crippen molar-refractivity contribution in [3.05, 3.63) is 0 Å². The highest BCUT2D eigenvalue weighted by molar-refractivity contribution is 5.03. The third kappa shape index (κ3) is 2.91. The lowest BCUT2D eigenvalue weighted by Crippen LogP contribution is -2.66. The summed E-state index contributed by atoms with van der Waals surface area (Å²) in [7, 11) is 0. The summed E-state index contributed by atoms with van der Waals surface area (Å²) >= 11 is 0. The van der Waals surface area contributed by atoms with Gasteiger partial charge in [0, 0.05) is 25.2 Å². The molecule has 2 fully saturated rings. The zero-order chi connectivity index (χ0) is 13.2. The largest absolute Gasteiger partial charge is 0.329 e. The molecule has 0 aromatic rings. The van der Waals surface area contributed by atoms with Gasteiger partial charge in [-0.25, -0.2) is 0 Å². The van der Waals surface area contributed by atoms with Crippen LogP contribution in [0.15, 0.2) is 0 Å². The lowest BCUT2D eigenvalue weighted by Gasteiger charge is -2.58. The number of hydrogen-bond acceptors (Lipinski definition) is 2. The summed E-state index contributed by atoms with van der Waals surface area (Å²) in [4.78, 5) is 2.68. The van der Waals surface area contributed by atoms with Crippen LogP contribution in [-0.4, -0.2) is 30.1 Å². The quantitative estimate of drug-likeness (QED) is 0.831. The molecule has 0 aromatic heterocycles. The van der Waals surface area contributed by atoms with Crippen LogP contribution in [0.4, 0.5) is 0 Å². The van der Waals surface area contributed by atoms with Gasteiger partial charge >= 0.3 is 0 Å². The highest BCUT2D eigenvalue weighted by atomic mass is 15.3. The standard InChI is InChI=1S/C16H32N2/c1-14(2)10-15(3,11-17)18-12-16(13-18)8-6-4-5-7-9-16/h14H,4-13,17H2,1-3H3. The van der Waals surface area contributed by atoms with Crippen molar-refractivity contribution in [3.63, 3.8) is 0 Å². The topological polar surface area (TPSA) is 29.3 Å². The van der Waals surface area contributed by atoms with Gasteiger partial charge in [-0.05, 0) is 37.5 Å². The molecule has 18 heavy (non-hydrogen) atoms. The van der Waals surface area contributed by atoms with Gasteiger partial charge < -0.3 is 5.73 Å². The van der Waals surface area contributed by atoms with Gasteiger partial charge in [-0.1, -0.05) is 39.5 Å². The Kier molecular flexibility index (Phi) is 4.38. The molecule has 0 aromatic carbocycles. The molecule has 2 nitrogen and oxygen atoms in total. The van der Waals surface area contributed by atoms with Crippen LogP contribution in [0.5, 0.6) is 0 Å². The summed E-state index contributed by atoms with van der Waals surface area (Å²) in [6, 6.07) is 0. The Morgan fingerprint density at radius 2 is 1.67 bits per heavy atom. The predicted octanol–water partition coefficient (Wildman–Crippen LogP) is 3.41. The van der Waals surface area contributed by atoms with E-state index >= 15 is 0 Å². The molecule has 0 bridgehead atoms. The van der Waals surface area contributed by atoms with Crippen LogP contribution >= 0.6 is 0 Å². The molecule has 1 aliphatic carbocycles. The van der Waals surface area contributed by atoms with Gasteiger partial charge in [-0.2, -0.15) is 0 Å². The minimum absolute atomic E-state index is 0.242. The summed E-state index contributed by atoms with van der Waals surface area (Å²) in [5, 5.41) is 0. The molecule has 1 spiro atoms. The first-order valence-electron chi connectivity index (χ1n) is 7.95. The van der Waals surface area contributed by atoms with Crippen molar-refractivity contribution < 1.29 is 0 Å². The third-order valence-corrected chi connectivity index (χ3v) is 5.27. The van der Waals surface area contributed by atoms with E-state index in [0.29, 0.717) is 5.41 Å². The van der Waals surface area contributed by atoms with Gasteiger partial charge in [0.15, 0.2) is 0 Å². The van der Waals surface area contributed by atoms with Crippen molar-refractivity contribution in [3.8, 4) is 0 Å². The molecule has 0 amide bonds. The summed E-state index contributed by atoms with van der Waals surface area (Å²) in [5.41, 5.74) is 6.99. The first-order chi connectivity index (χ1) is 8.50. The van der Waals surface area contributed by atoms with Crippen LogP contribution in [0.3, 0.4) is 0 Å². The first-order valence-corrected chi connectivity index (χ1v) is 7.95. The predicted molar refractivity (Wildman–Crippen MR) is 78.6 cm³/mol. The molecular formula is C16H32N2. The monoisotopic (exact) mass is 252 g/mol. The Morgan fingerprint density at radius 3 is 2.11 bits per heavy atom. The van der Waals surface area contributed by atoms with E-state index in [4.69, 9.17) is 5.73 Å². The molecule has 1 saturated carbocycles. The van der Waals surface area contributed by atoms with E-state index in [1.54, 1.807) is 0 Å². The lowest BCUT2D eigenvalue weighted by atomic mass is 9.70. The van der Waals surface area contributed by atoms with Crippen LogP contribution in [0.25, 0.3) is 0 Å². The minimum Gasteiger partial charge on any atom is -0.329 e. The molecule has 2 aliphatic rings. The van der Waals surface area contributed by atoms with Gasteiger partial charge in [0.05, 0.1) is 0 Å². The fourth-order valence-electron chi connectivity index (χ4n) is 4.16. The molecule has 1 saturated heterocycles. The number of nitrogens with zero attached hydrogens (tertiary/aromatic N) is 1. The normalized spacial score (nSPS) is 27.8. The maximum absolute atomic E-state index is 6.07. The third-order valence-electron chi connectivity index (χ3n) is 5.27. The average molecular weight is 252 g/mol. The summed E-state index contributed by atoms with van der Waals surface area (Å²) < 4.78 is 0. The van der Waals surface area contributed by atoms with Gasteiger partial charge in [0.25, 0.3) is 0 Å². The van der Waals surface area contributed by atoms with E-state index in [1.165, 1.54) is 58.0 Å². The van der Waals surface area contributed by atoms with Crippen molar-refractivity contribution in [1.82, 2.24) is 4.90 Å². The number of rotatable bonds is 4. The van der Waals surface area contributed by atoms with Crippen LogP contribution in [0.2, 0.25) is 0 Å². The van der Waals surface area contributed by atoms with Crippen LogP contribution in [-0.2, 0) is 0 Å². The Morgan fingerprint density at radius 1 is 1.11 bits per heavy atom. The van der Waals surface area contributed by atoms with Crippen LogP contribution in [0, 0.1) is 11.3 Å². The number of likely N-dealkylation sites (tertiary alicyclic amines) is 1. The number of nitrogens with two attached hydrogens (primary N) is 1. The second-order valence-electron chi connectivity index (χ2n) is 7.57. The average Bonchev–Trinajstić information content (AvgIpc) is 2.51. The van der Waals surface area contributed by atoms with E-state index < -0.39 is 0 Å². The van der Waals surface area contributed by atoms with Crippen molar-refractivity contribution in [1.29, 1.82) is 0 Å². The van der Waals surface area contributed by atoms with Crippen LogP contribution < -0.4 is 5.73 Å². The van der Waals surface area contributed by atoms with Gasteiger partial charge in [-0.15, -0.1) is 0 Å². The van der Waals surface area contributed by atoms with Crippen LogP contribution in [0.1, 0.15) is 65.7 Å². The maximum atomic E-state index is 6.07. The van der Waals surface area contributed by atoms with E-state index in [0.717, 1.165) is 12.5 Å². The Labute approximate surface area is 113 Å². The zero-order valence-corrected chi connectivity index (χ0v) is 12.7. The second-order valence-corrected chi connectivity index (χ2v) is 7.57. The summed E-state index contributed by atoms with van der Waals surface area (Å²) in [5.74, 6) is 0.740. The summed E-state index contributed by atoms with van der Waals surface area (Å²) in [6.45, 7) is 10.4. The smallest absolute Gasteiger partial charge is 0.0306 e. The summed E-state index contributed by atoms with van der Waals surface area (Å²) in [6.07, 6.45) is 10.00. The highest BCUT2D eigenvalue weighted by Gasteiger charge is 2.48. The molecule has 0 radical (unpaired) electrons. The fraction of sp³-hybridized carbons (Fsp3) is 1.00. The molecule has 1 atom stereocenters. The highest BCUT2D eigenvalue weighted by Crippen LogP contribution is 2.46. The van der Waals surface area contributed by atoms with Crippen molar-refractivity contribution in [2.24, 2.45) is 17.1 Å². The lowest BCUT2D eigenvalue weighted by molar-refractivity contribution is -0.0836. The van der Waals surface area contributed by atoms with E-state index in [2.05, 4.69) is 25.7 Å². The molecule has 2 rings (SSSR count). The van der Waals surface area contributed by atoms with Crippen molar-refractivity contribution >= 4 is 0 Å². The van der Waals surface area contributed by atoms with Crippen molar-refractivity contribution in [2.75, 3.05) is 19.6 Å². The molecule has 2 heteroatoms. The molecular weight excluding hydrogens is 220 g/mol. The van der Waals surface area contributed by atoms with E-state index in [9.17, 15) is 0 Å². The maximum Gasteiger partial charge on any atom is 0.0306 e. The minimum atomic E-state index is 0.242. The molecule has 1 unspecified atom stereocenters. The van der Waals surface area contributed by atoms with Gasteiger partial charge in [0.2, 0.25) is 0 Å². The van der Waals surface area contributed by atoms with Gasteiger partial charge in [-0.3, -0.25) is 4.90 Å². The fourth-order valence-corrected chi connectivity index (χ4v) is 4.16. The Balaban J connectivity index is 1.93. The van der Waals surface area contributed by atoms with E-state index in [1.807, 2.05) is 0 Å². The first kappa shape index (κ1) is 14.3. The van der Waals surface area contributed by atoms with Crippen molar-refractivity contribution in [2.45, 2.75) is 71.3 Å². The Bertz CT molecular complexity index is 258. The molecule has 1 heterocycles. The molecule has 2 N–H and O–H groups in total. The molecule has 1 aliphatic heterocycles. The SMILES string of the molecule is CC(C)CC(C)(CN)N1CC2(CCCCCC2)C1. The Hall–Kier alpha value is -0.0800. The zero-order valence-electron chi connectivity index (χ0n) is 12.7.